The highest BCUT2D eigenvalue weighted by molar-refractivity contribution is 6.04. The molecule has 4 aromatic rings. The molecular formula is C22H21N9O2. The number of morpholine rings is 1. The molecule has 0 radical (unpaired) electrons. The number of carbonyl (C=O) groups excluding carboxylic acids is 1. The molecule has 0 aliphatic carbocycles. The van der Waals surface area contributed by atoms with Gasteiger partial charge in [-0.2, -0.15) is 5.10 Å². The van der Waals surface area contributed by atoms with Gasteiger partial charge in [-0.3, -0.25) is 4.79 Å². The molecule has 33 heavy (non-hydrogen) atoms. The molecule has 2 aromatic carbocycles. The summed E-state index contributed by atoms with van der Waals surface area (Å²) in [5.74, 6) is 0.421. The number of aromatic nitrogens is 6. The first-order valence-electron chi connectivity index (χ1n) is 10.4. The summed E-state index contributed by atoms with van der Waals surface area (Å²) in [7, 11) is 0. The Bertz CT molecular complexity index is 1220. The lowest BCUT2D eigenvalue weighted by molar-refractivity contribution is 0.102. The van der Waals surface area contributed by atoms with Crippen molar-refractivity contribution in [3.05, 3.63) is 72.7 Å². The number of nitrogens with zero attached hydrogens (tertiary/aromatic N) is 7. The van der Waals surface area contributed by atoms with Crippen molar-refractivity contribution < 1.29 is 9.53 Å². The van der Waals surface area contributed by atoms with Gasteiger partial charge < -0.3 is 20.3 Å². The number of carbonyl (C=O) groups is 1. The summed E-state index contributed by atoms with van der Waals surface area (Å²) in [5.41, 5.74) is 3.71. The van der Waals surface area contributed by atoms with Crippen molar-refractivity contribution in [3.8, 4) is 5.69 Å². The molecule has 2 N–H and O–H groups in total. The topological polar surface area (TPSA) is 123 Å². The van der Waals surface area contributed by atoms with Crippen LogP contribution in [0.15, 0.2) is 67.1 Å². The molecule has 1 saturated heterocycles. The molecule has 11 heteroatoms. The molecule has 0 saturated carbocycles. The largest absolute Gasteiger partial charge is 0.378 e. The second-order valence-electron chi connectivity index (χ2n) is 7.36. The first-order valence-corrected chi connectivity index (χ1v) is 10.4. The van der Waals surface area contributed by atoms with Gasteiger partial charge in [-0.1, -0.05) is 6.07 Å². The molecule has 0 spiro atoms. The molecule has 1 fully saturated rings. The van der Waals surface area contributed by atoms with Crippen molar-refractivity contribution in [2.75, 3.05) is 41.8 Å². The van der Waals surface area contributed by atoms with Crippen LogP contribution in [0.2, 0.25) is 0 Å². The van der Waals surface area contributed by atoms with Gasteiger partial charge in [-0.15, -0.1) is 10.2 Å². The maximum atomic E-state index is 12.7. The van der Waals surface area contributed by atoms with Crippen LogP contribution in [0.3, 0.4) is 0 Å². The van der Waals surface area contributed by atoms with Crippen LogP contribution in [-0.2, 0) is 4.74 Å². The van der Waals surface area contributed by atoms with Crippen LogP contribution in [0.4, 0.5) is 22.9 Å². The fourth-order valence-electron chi connectivity index (χ4n) is 3.47. The Labute approximate surface area is 189 Å². The fraction of sp³-hybridized carbons (Fsp3) is 0.182. The summed E-state index contributed by atoms with van der Waals surface area (Å²) < 4.78 is 6.90. The second kappa shape index (κ2) is 9.40. The summed E-state index contributed by atoms with van der Waals surface area (Å²) in [6, 6.07) is 16.4. The summed E-state index contributed by atoms with van der Waals surface area (Å²) in [5, 5.41) is 25.5. The van der Waals surface area contributed by atoms with Crippen LogP contribution in [0.5, 0.6) is 0 Å². The Balaban J connectivity index is 1.23. The zero-order chi connectivity index (χ0) is 22.5. The van der Waals surface area contributed by atoms with Crippen molar-refractivity contribution in [2.24, 2.45) is 0 Å². The minimum absolute atomic E-state index is 0.227. The quantitative estimate of drug-likeness (QED) is 0.462. The number of rotatable bonds is 6. The van der Waals surface area contributed by atoms with Crippen molar-refractivity contribution in [3.63, 3.8) is 0 Å². The van der Waals surface area contributed by atoms with Gasteiger partial charge in [0.15, 0.2) is 5.82 Å². The zero-order valence-corrected chi connectivity index (χ0v) is 17.6. The van der Waals surface area contributed by atoms with E-state index < -0.39 is 0 Å². The van der Waals surface area contributed by atoms with E-state index >= 15 is 0 Å². The zero-order valence-electron chi connectivity index (χ0n) is 17.6. The number of hydrogen-bond acceptors (Lipinski definition) is 9. The first kappa shape index (κ1) is 20.5. The lowest BCUT2D eigenvalue weighted by Crippen LogP contribution is -2.36. The number of tetrazole rings is 1. The Hall–Kier alpha value is -4.38. The SMILES string of the molecule is O=C(Nc1ccc(Nc2cc(N3CCOCC3)cnn2)cc1)c1cccc(-n2cnnn2)c1. The average Bonchev–Trinajstić information content (AvgIpc) is 3.41. The van der Waals surface area contributed by atoms with Gasteiger partial charge in [0.1, 0.15) is 6.33 Å². The van der Waals surface area contributed by atoms with E-state index in [0.717, 1.165) is 24.5 Å². The minimum Gasteiger partial charge on any atom is -0.378 e. The number of ether oxygens (including phenoxy) is 1. The molecule has 166 valence electrons. The van der Waals surface area contributed by atoms with Gasteiger partial charge in [0, 0.05) is 36.1 Å². The third kappa shape index (κ3) is 4.93. The first-order chi connectivity index (χ1) is 16.2. The second-order valence-corrected chi connectivity index (χ2v) is 7.36. The number of anilines is 4. The van der Waals surface area contributed by atoms with Gasteiger partial charge >= 0.3 is 0 Å². The predicted octanol–water partition coefficient (Wildman–Crippen LogP) is 2.28. The highest BCUT2D eigenvalue weighted by atomic mass is 16.5. The lowest BCUT2D eigenvalue weighted by atomic mass is 10.2. The van der Waals surface area contributed by atoms with Crippen molar-refractivity contribution in [1.82, 2.24) is 30.4 Å². The van der Waals surface area contributed by atoms with Crippen LogP contribution in [0, 0.1) is 0 Å². The Morgan fingerprint density at radius 1 is 0.939 bits per heavy atom. The van der Waals surface area contributed by atoms with Crippen LogP contribution in [-0.4, -0.2) is 62.6 Å². The highest BCUT2D eigenvalue weighted by Crippen LogP contribution is 2.22. The van der Waals surface area contributed by atoms with Gasteiger partial charge in [0.2, 0.25) is 0 Å². The van der Waals surface area contributed by atoms with E-state index in [2.05, 4.69) is 41.3 Å². The predicted molar refractivity (Wildman–Crippen MR) is 122 cm³/mol. The number of nitrogens with one attached hydrogen (secondary N) is 2. The monoisotopic (exact) mass is 443 g/mol. The van der Waals surface area contributed by atoms with Crippen LogP contribution < -0.4 is 15.5 Å². The molecule has 3 heterocycles. The normalized spacial score (nSPS) is 13.5. The Kier molecular flexibility index (Phi) is 5.85. The Morgan fingerprint density at radius 3 is 2.55 bits per heavy atom. The molecule has 1 aliphatic heterocycles. The third-order valence-electron chi connectivity index (χ3n) is 5.15. The molecule has 2 aromatic heterocycles. The van der Waals surface area contributed by atoms with Crippen molar-refractivity contribution in [1.29, 1.82) is 0 Å². The summed E-state index contributed by atoms with van der Waals surface area (Å²) >= 11 is 0. The standard InChI is InChI=1S/C22H21N9O2/c32-22(16-2-1-3-19(12-16)31-15-24-28-29-31)26-18-6-4-17(5-7-18)25-21-13-20(14-23-27-21)30-8-10-33-11-9-30/h1-7,12-15H,8-11H2,(H,25,27)(H,26,32). The molecule has 1 amide bonds. The fourth-order valence-corrected chi connectivity index (χ4v) is 3.47. The molecular weight excluding hydrogens is 422 g/mol. The van der Waals surface area contributed by atoms with Crippen molar-refractivity contribution in [2.45, 2.75) is 0 Å². The van der Waals surface area contributed by atoms with E-state index in [0.29, 0.717) is 36.0 Å². The highest BCUT2D eigenvalue weighted by Gasteiger charge is 2.13. The third-order valence-corrected chi connectivity index (χ3v) is 5.15. The van der Waals surface area contributed by atoms with Gasteiger partial charge in [-0.05, 0) is 52.9 Å². The maximum Gasteiger partial charge on any atom is 0.255 e. The van der Waals surface area contributed by atoms with E-state index in [1.54, 1.807) is 24.4 Å². The molecule has 11 nitrogen and oxygen atoms in total. The van der Waals surface area contributed by atoms with E-state index in [1.165, 1.54) is 11.0 Å². The van der Waals surface area contributed by atoms with E-state index in [9.17, 15) is 4.79 Å². The van der Waals surface area contributed by atoms with Gasteiger partial charge in [0.25, 0.3) is 5.91 Å². The number of benzene rings is 2. The van der Waals surface area contributed by atoms with E-state index in [4.69, 9.17) is 4.74 Å². The van der Waals surface area contributed by atoms with Crippen molar-refractivity contribution >= 4 is 28.8 Å². The van der Waals surface area contributed by atoms with Crippen LogP contribution >= 0.6 is 0 Å². The number of hydrogen-bond donors (Lipinski definition) is 2. The lowest BCUT2D eigenvalue weighted by Gasteiger charge is -2.28. The number of amides is 1. The molecule has 5 rings (SSSR count). The Morgan fingerprint density at radius 2 is 1.76 bits per heavy atom. The minimum atomic E-state index is -0.227. The van der Waals surface area contributed by atoms with Crippen LogP contribution in [0.25, 0.3) is 5.69 Å². The summed E-state index contributed by atoms with van der Waals surface area (Å²) in [6.45, 7) is 3.08. The molecule has 0 bridgehead atoms. The van der Waals surface area contributed by atoms with E-state index in [-0.39, 0.29) is 5.91 Å². The molecule has 0 atom stereocenters. The summed E-state index contributed by atoms with van der Waals surface area (Å²) in [4.78, 5) is 14.9. The summed E-state index contributed by atoms with van der Waals surface area (Å²) in [6.07, 6.45) is 3.23. The maximum absolute atomic E-state index is 12.7. The van der Waals surface area contributed by atoms with E-state index in [1.807, 2.05) is 36.4 Å². The average molecular weight is 443 g/mol. The van der Waals surface area contributed by atoms with Gasteiger partial charge in [0.05, 0.1) is 30.8 Å². The smallest absolute Gasteiger partial charge is 0.255 e. The molecule has 0 unspecified atom stereocenters. The van der Waals surface area contributed by atoms with Crippen LogP contribution in [0.1, 0.15) is 10.4 Å². The van der Waals surface area contributed by atoms with Gasteiger partial charge in [-0.25, -0.2) is 4.68 Å². The molecule has 1 aliphatic rings.